The number of hydrogen-bond acceptors (Lipinski definition) is 8. The normalized spacial score (nSPS) is 12.9. The van der Waals surface area contributed by atoms with Crippen LogP contribution in [0.3, 0.4) is 0 Å². The lowest BCUT2D eigenvalue weighted by molar-refractivity contribution is -0.113. The van der Waals surface area contributed by atoms with Crippen molar-refractivity contribution in [3.05, 3.63) is 63.5 Å². The van der Waals surface area contributed by atoms with Gasteiger partial charge in [0.05, 0.1) is 23.4 Å². The highest BCUT2D eigenvalue weighted by Gasteiger charge is 2.26. The average molecular weight is 565 g/mol. The predicted octanol–water partition coefficient (Wildman–Crippen LogP) is 5.68. The van der Waals surface area contributed by atoms with Gasteiger partial charge in [-0.1, -0.05) is 35.9 Å². The standard InChI is InChI=1S/C25H26ClFN4O4S2/c1-3-11-31-20(13-35-15-9-10-18(27)17(26)12-15)29-30-25(31)36-14-21(32)28-23-22(24(33)34-2)16-7-5-4-6-8-19(16)37-23/h3,9-10,12H,1,4-8,11,13-14H2,2H3,(H,28,32). The van der Waals surface area contributed by atoms with Gasteiger partial charge in [0.15, 0.2) is 11.0 Å². The summed E-state index contributed by atoms with van der Waals surface area (Å²) in [4.78, 5) is 26.5. The van der Waals surface area contributed by atoms with Crippen LogP contribution in [0.5, 0.6) is 5.75 Å². The largest absolute Gasteiger partial charge is 0.486 e. The molecule has 37 heavy (non-hydrogen) atoms. The lowest BCUT2D eigenvalue weighted by Gasteiger charge is -2.10. The van der Waals surface area contributed by atoms with Crippen LogP contribution in [0.1, 0.15) is 45.9 Å². The maximum Gasteiger partial charge on any atom is 0.341 e. The summed E-state index contributed by atoms with van der Waals surface area (Å²) in [5, 5.41) is 12.3. The van der Waals surface area contributed by atoms with Crippen molar-refractivity contribution in [2.45, 2.75) is 50.4 Å². The highest BCUT2D eigenvalue weighted by atomic mass is 35.5. The number of methoxy groups -OCH3 is 1. The van der Waals surface area contributed by atoms with Crippen molar-refractivity contribution >= 4 is 51.6 Å². The van der Waals surface area contributed by atoms with E-state index in [1.165, 1.54) is 48.4 Å². The van der Waals surface area contributed by atoms with Gasteiger partial charge in [-0.25, -0.2) is 9.18 Å². The average Bonchev–Trinajstić information content (AvgIpc) is 3.34. The second kappa shape index (κ2) is 12.6. The van der Waals surface area contributed by atoms with E-state index in [1.54, 1.807) is 10.6 Å². The third-order valence-corrected chi connectivity index (χ3v) is 8.22. The first-order valence-electron chi connectivity index (χ1n) is 11.7. The number of thioether (sulfide) groups is 1. The van der Waals surface area contributed by atoms with Crippen LogP contribution in [-0.2, 0) is 35.5 Å². The summed E-state index contributed by atoms with van der Waals surface area (Å²) in [7, 11) is 1.35. The predicted molar refractivity (Wildman–Crippen MR) is 142 cm³/mol. The molecular formula is C25H26ClFN4O4S2. The van der Waals surface area contributed by atoms with Gasteiger partial charge in [-0.3, -0.25) is 9.36 Å². The zero-order valence-electron chi connectivity index (χ0n) is 20.2. The number of carbonyl (C=O) groups is 2. The minimum atomic E-state index is -0.530. The molecule has 0 aliphatic heterocycles. The van der Waals surface area contributed by atoms with E-state index in [-0.39, 0.29) is 23.3 Å². The summed E-state index contributed by atoms with van der Waals surface area (Å²) in [6, 6.07) is 4.09. The van der Waals surface area contributed by atoms with Crippen LogP contribution in [0.15, 0.2) is 36.0 Å². The fourth-order valence-corrected chi connectivity index (χ4v) is 6.23. The third kappa shape index (κ3) is 6.52. The maximum absolute atomic E-state index is 13.4. The van der Waals surface area contributed by atoms with Gasteiger partial charge in [0.2, 0.25) is 5.91 Å². The van der Waals surface area contributed by atoms with Crippen molar-refractivity contribution in [1.82, 2.24) is 14.8 Å². The molecule has 0 spiro atoms. The Kier molecular flexibility index (Phi) is 9.23. The molecule has 0 radical (unpaired) electrons. The highest BCUT2D eigenvalue weighted by molar-refractivity contribution is 7.99. The van der Waals surface area contributed by atoms with Gasteiger partial charge >= 0.3 is 5.97 Å². The molecule has 12 heteroatoms. The Labute approximate surface area is 227 Å². The molecule has 0 atom stereocenters. The van der Waals surface area contributed by atoms with Crippen LogP contribution in [0, 0.1) is 5.82 Å². The fraction of sp³-hybridized carbons (Fsp3) is 0.360. The number of amides is 1. The van der Waals surface area contributed by atoms with E-state index in [4.69, 9.17) is 21.1 Å². The molecule has 4 rings (SSSR count). The van der Waals surface area contributed by atoms with Crippen molar-refractivity contribution in [1.29, 1.82) is 0 Å². The van der Waals surface area contributed by atoms with E-state index < -0.39 is 11.8 Å². The van der Waals surface area contributed by atoms with E-state index in [0.717, 1.165) is 42.5 Å². The molecule has 0 unspecified atom stereocenters. The number of halogens is 2. The molecule has 2 heterocycles. The van der Waals surface area contributed by atoms with E-state index in [0.29, 0.717) is 33.8 Å². The summed E-state index contributed by atoms with van der Waals surface area (Å²) in [5.41, 5.74) is 1.47. The molecular weight excluding hydrogens is 539 g/mol. The molecule has 0 saturated heterocycles. The Balaban J connectivity index is 1.43. The third-order valence-electron chi connectivity index (χ3n) is 5.76. The topological polar surface area (TPSA) is 95.3 Å². The van der Waals surface area contributed by atoms with Crippen molar-refractivity contribution < 1.29 is 23.5 Å². The Bertz CT molecular complexity index is 1310. The summed E-state index contributed by atoms with van der Waals surface area (Å²) in [6.07, 6.45) is 6.59. The highest BCUT2D eigenvalue weighted by Crippen LogP contribution is 2.38. The van der Waals surface area contributed by atoms with E-state index in [9.17, 15) is 14.0 Å². The number of benzene rings is 1. The number of carbonyl (C=O) groups excluding carboxylic acids is 2. The second-order valence-corrected chi connectivity index (χ2v) is 10.7. The van der Waals surface area contributed by atoms with E-state index in [1.807, 2.05) is 0 Å². The number of aromatic nitrogens is 3. The van der Waals surface area contributed by atoms with Crippen molar-refractivity contribution in [3.8, 4) is 5.75 Å². The summed E-state index contributed by atoms with van der Waals surface area (Å²) in [5.74, 6) is -0.258. The molecule has 1 aliphatic rings. The van der Waals surface area contributed by atoms with Gasteiger partial charge in [0, 0.05) is 17.5 Å². The molecule has 0 saturated carbocycles. The first-order valence-corrected chi connectivity index (χ1v) is 13.9. The van der Waals surface area contributed by atoms with Gasteiger partial charge in [-0.2, -0.15) is 0 Å². The summed E-state index contributed by atoms with van der Waals surface area (Å²) in [6.45, 7) is 4.25. The number of nitrogens with one attached hydrogen (secondary N) is 1. The Morgan fingerprint density at radius 1 is 1.30 bits per heavy atom. The Hall–Kier alpha value is -2.89. The second-order valence-electron chi connectivity index (χ2n) is 8.26. The maximum atomic E-state index is 13.4. The van der Waals surface area contributed by atoms with Crippen molar-refractivity contribution in [2.75, 3.05) is 18.2 Å². The van der Waals surface area contributed by atoms with E-state index in [2.05, 4.69) is 22.1 Å². The zero-order valence-corrected chi connectivity index (χ0v) is 22.6. The molecule has 0 bridgehead atoms. The van der Waals surface area contributed by atoms with Gasteiger partial charge in [0.25, 0.3) is 0 Å². The Morgan fingerprint density at radius 2 is 2.11 bits per heavy atom. The molecule has 196 valence electrons. The molecule has 1 N–H and O–H groups in total. The molecule has 1 aromatic carbocycles. The number of thiophene rings is 1. The number of allylic oxidation sites excluding steroid dienone is 1. The van der Waals surface area contributed by atoms with Gasteiger partial charge in [0.1, 0.15) is 23.2 Å². The number of hydrogen-bond donors (Lipinski definition) is 1. The smallest absolute Gasteiger partial charge is 0.341 e. The SMILES string of the molecule is C=CCn1c(COc2ccc(F)c(Cl)c2)nnc1SCC(=O)Nc1sc2c(c1C(=O)OC)CCCCC2. The number of aryl methyl sites for hydroxylation is 1. The van der Waals surface area contributed by atoms with Crippen LogP contribution < -0.4 is 10.1 Å². The summed E-state index contributed by atoms with van der Waals surface area (Å²) >= 11 is 8.48. The first-order chi connectivity index (χ1) is 17.9. The molecule has 1 aliphatic carbocycles. The Morgan fingerprint density at radius 3 is 2.86 bits per heavy atom. The molecule has 0 fully saturated rings. The molecule has 1 amide bonds. The van der Waals surface area contributed by atoms with Crippen molar-refractivity contribution in [3.63, 3.8) is 0 Å². The number of nitrogens with zero attached hydrogens (tertiary/aromatic N) is 3. The first kappa shape index (κ1) is 27.2. The molecule has 3 aromatic rings. The number of anilines is 1. The van der Waals surface area contributed by atoms with Crippen LogP contribution in [-0.4, -0.2) is 39.5 Å². The zero-order chi connectivity index (χ0) is 26.4. The lowest BCUT2D eigenvalue weighted by atomic mass is 10.1. The molecule has 8 nitrogen and oxygen atoms in total. The van der Waals surface area contributed by atoms with Crippen LogP contribution >= 0.6 is 34.7 Å². The quantitative estimate of drug-likeness (QED) is 0.146. The number of ether oxygens (including phenoxy) is 2. The van der Waals surface area contributed by atoms with E-state index >= 15 is 0 Å². The lowest BCUT2D eigenvalue weighted by Crippen LogP contribution is -2.17. The van der Waals surface area contributed by atoms with Crippen LogP contribution in [0.2, 0.25) is 5.02 Å². The summed E-state index contributed by atoms with van der Waals surface area (Å²) < 4.78 is 25.9. The minimum Gasteiger partial charge on any atom is -0.486 e. The van der Waals surface area contributed by atoms with Crippen LogP contribution in [0.4, 0.5) is 9.39 Å². The fourth-order valence-electron chi connectivity index (χ4n) is 4.00. The molecule has 2 aromatic heterocycles. The van der Waals surface area contributed by atoms with Gasteiger partial charge < -0.3 is 14.8 Å². The van der Waals surface area contributed by atoms with Crippen LogP contribution in [0.25, 0.3) is 0 Å². The minimum absolute atomic E-state index is 0.0372. The van der Waals surface area contributed by atoms with Crippen molar-refractivity contribution in [2.24, 2.45) is 0 Å². The number of esters is 1. The van der Waals surface area contributed by atoms with Gasteiger partial charge in [-0.15, -0.1) is 28.1 Å². The number of rotatable bonds is 10. The number of fused-ring (bicyclic) bond motifs is 1. The van der Waals surface area contributed by atoms with Gasteiger partial charge in [-0.05, 0) is 43.4 Å². The monoisotopic (exact) mass is 564 g/mol.